The molecule has 0 aliphatic heterocycles. The minimum atomic E-state index is -0.0389. The number of amides is 1. The molecule has 0 saturated heterocycles. The van der Waals surface area contributed by atoms with E-state index < -0.39 is 0 Å². The number of thioether (sulfide) groups is 1. The van der Waals surface area contributed by atoms with Gasteiger partial charge in [-0.1, -0.05) is 60.3 Å². The van der Waals surface area contributed by atoms with Gasteiger partial charge in [-0.05, 0) is 35.0 Å². The van der Waals surface area contributed by atoms with E-state index in [2.05, 4.69) is 27.6 Å². The van der Waals surface area contributed by atoms with Crippen molar-refractivity contribution < 1.29 is 9.21 Å². The summed E-state index contributed by atoms with van der Waals surface area (Å²) in [6.07, 6.45) is 0.368. The average Bonchev–Trinajstić information content (AvgIpc) is 3.17. The first-order valence-electron chi connectivity index (χ1n) is 8.58. The highest BCUT2D eigenvalue weighted by Crippen LogP contribution is 2.26. The van der Waals surface area contributed by atoms with Gasteiger partial charge in [0.05, 0.1) is 0 Å². The van der Waals surface area contributed by atoms with Crippen molar-refractivity contribution in [2.24, 2.45) is 0 Å². The maximum absolute atomic E-state index is 12.0. The van der Waals surface area contributed by atoms with E-state index >= 15 is 0 Å². The molecule has 3 aromatic carbocycles. The van der Waals surface area contributed by atoms with Gasteiger partial charge in [-0.2, -0.15) is 0 Å². The second-order valence-corrected chi connectivity index (χ2v) is 6.99. The molecular formula is C21H17N3O2S. The third-order valence-electron chi connectivity index (χ3n) is 4.02. The van der Waals surface area contributed by atoms with Gasteiger partial charge < -0.3 is 9.73 Å². The summed E-state index contributed by atoms with van der Waals surface area (Å²) >= 11 is 1.38. The van der Waals surface area contributed by atoms with Gasteiger partial charge in [0.2, 0.25) is 11.8 Å². The highest BCUT2D eigenvalue weighted by atomic mass is 32.2. The normalized spacial score (nSPS) is 10.8. The van der Waals surface area contributed by atoms with Gasteiger partial charge in [0.25, 0.3) is 5.22 Å². The maximum atomic E-state index is 12.0. The molecule has 4 aromatic rings. The lowest BCUT2D eigenvalue weighted by molar-refractivity contribution is -0.115. The molecule has 1 aromatic heterocycles. The van der Waals surface area contributed by atoms with Crippen molar-refractivity contribution in [3.8, 4) is 11.5 Å². The Hall–Kier alpha value is -3.12. The van der Waals surface area contributed by atoms with Crippen LogP contribution in [-0.4, -0.2) is 21.9 Å². The van der Waals surface area contributed by atoms with E-state index in [-0.39, 0.29) is 5.91 Å². The van der Waals surface area contributed by atoms with Gasteiger partial charge in [0.1, 0.15) is 0 Å². The molecule has 0 saturated carbocycles. The number of nitrogens with zero attached hydrogens (tertiary/aromatic N) is 2. The number of para-hydroxylation sites is 1. The zero-order valence-electron chi connectivity index (χ0n) is 14.5. The first kappa shape index (κ1) is 17.3. The SMILES string of the molecule is O=C(CCSc1nnc(-c2ccc3ccccc3c2)o1)Nc1ccccc1. The molecule has 0 fully saturated rings. The quantitative estimate of drug-likeness (QED) is 0.480. The van der Waals surface area contributed by atoms with Crippen molar-refractivity contribution in [3.63, 3.8) is 0 Å². The lowest BCUT2D eigenvalue weighted by Crippen LogP contribution is -2.11. The third-order valence-corrected chi connectivity index (χ3v) is 4.84. The molecule has 1 N–H and O–H groups in total. The smallest absolute Gasteiger partial charge is 0.276 e. The Labute approximate surface area is 160 Å². The highest BCUT2D eigenvalue weighted by molar-refractivity contribution is 7.99. The minimum Gasteiger partial charge on any atom is -0.411 e. The second-order valence-electron chi connectivity index (χ2n) is 5.95. The van der Waals surface area contributed by atoms with E-state index in [0.717, 1.165) is 16.6 Å². The Bertz CT molecular complexity index is 1060. The third kappa shape index (κ3) is 4.35. The van der Waals surface area contributed by atoms with Crippen molar-refractivity contribution in [1.29, 1.82) is 0 Å². The van der Waals surface area contributed by atoms with Crippen molar-refractivity contribution >= 4 is 34.1 Å². The number of nitrogens with one attached hydrogen (secondary N) is 1. The molecule has 6 heteroatoms. The molecule has 0 spiro atoms. The second kappa shape index (κ2) is 8.05. The van der Waals surface area contributed by atoms with Crippen molar-refractivity contribution in [1.82, 2.24) is 10.2 Å². The largest absolute Gasteiger partial charge is 0.411 e. The first-order chi connectivity index (χ1) is 13.3. The number of hydrogen-bond donors (Lipinski definition) is 1. The van der Waals surface area contributed by atoms with E-state index in [0.29, 0.717) is 23.3 Å². The van der Waals surface area contributed by atoms with E-state index in [1.807, 2.05) is 60.7 Å². The lowest BCUT2D eigenvalue weighted by Gasteiger charge is -2.03. The Kier molecular flexibility index (Phi) is 5.16. The fourth-order valence-electron chi connectivity index (χ4n) is 2.68. The van der Waals surface area contributed by atoms with Gasteiger partial charge in [-0.3, -0.25) is 4.79 Å². The predicted octanol–water partition coefficient (Wildman–Crippen LogP) is 5.01. The van der Waals surface area contributed by atoms with Crippen LogP contribution in [0.5, 0.6) is 0 Å². The summed E-state index contributed by atoms with van der Waals surface area (Å²) in [7, 11) is 0. The summed E-state index contributed by atoms with van der Waals surface area (Å²) in [5, 5.41) is 13.8. The summed E-state index contributed by atoms with van der Waals surface area (Å²) in [6.45, 7) is 0. The molecule has 5 nitrogen and oxygen atoms in total. The van der Waals surface area contributed by atoms with Gasteiger partial charge in [-0.25, -0.2) is 0 Å². The van der Waals surface area contributed by atoms with Crippen LogP contribution < -0.4 is 5.32 Å². The number of carbonyl (C=O) groups is 1. The maximum Gasteiger partial charge on any atom is 0.276 e. The lowest BCUT2D eigenvalue weighted by atomic mass is 10.1. The molecule has 1 amide bonds. The average molecular weight is 375 g/mol. The zero-order valence-corrected chi connectivity index (χ0v) is 15.3. The van der Waals surface area contributed by atoms with Gasteiger partial charge in [-0.15, -0.1) is 10.2 Å². The topological polar surface area (TPSA) is 68.0 Å². The molecule has 0 aliphatic carbocycles. The number of rotatable bonds is 6. The van der Waals surface area contributed by atoms with Gasteiger partial charge in [0.15, 0.2) is 0 Å². The van der Waals surface area contributed by atoms with Crippen molar-refractivity contribution in [2.75, 3.05) is 11.1 Å². The van der Waals surface area contributed by atoms with Crippen LogP contribution in [0.15, 0.2) is 82.4 Å². The zero-order chi connectivity index (χ0) is 18.5. The van der Waals surface area contributed by atoms with Crippen LogP contribution in [0.25, 0.3) is 22.2 Å². The molecule has 0 aliphatic rings. The molecule has 134 valence electrons. The molecule has 0 unspecified atom stereocenters. The van der Waals surface area contributed by atoms with E-state index in [4.69, 9.17) is 4.42 Å². The van der Waals surface area contributed by atoms with Crippen LogP contribution in [0, 0.1) is 0 Å². The van der Waals surface area contributed by atoms with Crippen LogP contribution in [-0.2, 0) is 4.79 Å². The Balaban J connectivity index is 1.34. The van der Waals surface area contributed by atoms with Crippen LogP contribution in [0.3, 0.4) is 0 Å². The van der Waals surface area contributed by atoms with Crippen LogP contribution in [0.1, 0.15) is 6.42 Å². The molecule has 1 heterocycles. The van der Waals surface area contributed by atoms with Crippen LogP contribution >= 0.6 is 11.8 Å². The monoisotopic (exact) mass is 375 g/mol. The van der Waals surface area contributed by atoms with E-state index in [1.165, 1.54) is 17.1 Å². The number of fused-ring (bicyclic) bond motifs is 1. The number of carbonyl (C=O) groups excluding carboxylic acids is 1. The molecular weight excluding hydrogens is 358 g/mol. The minimum absolute atomic E-state index is 0.0389. The molecule has 0 bridgehead atoms. The number of anilines is 1. The molecule has 0 atom stereocenters. The summed E-state index contributed by atoms with van der Waals surface area (Å²) in [4.78, 5) is 12.0. The summed E-state index contributed by atoms with van der Waals surface area (Å²) < 4.78 is 5.73. The van der Waals surface area contributed by atoms with Crippen LogP contribution in [0.4, 0.5) is 5.69 Å². The van der Waals surface area contributed by atoms with Crippen molar-refractivity contribution in [2.45, 2.75) is 11.6 Å². The van der Waals surface area contributed by atoms with Gasteiger partial charge >= 0.3 is 0 Å². The predicted molar refractivity (Wildman–Crippen MR) is 108 cm³/mol. The van der Waals surface area contributed by atoms with Crippen LogP contribution in [0.2, 0.25) is 0 Å². The standard InChI is InChI=1S/C21H17N3O2S/c25-19(22-18-8-2-1-3-9-18)12-13-27-21-24-23-20(26-21)17-11-10-15-6-4-5-7-16(15)14-17/h1-11,14H,12-13H2,(H,22,25). The number of benzene rings is 3. The fraction of sp³-hybridized carbons (Fsp3) is 0.0952. The highest BCUT2D eigenvalue weighted by Gasteiger charge is 2.11. The molecule has 4 rings (SSSR count). The summed E-state index contributed by atoms with van der Waals surface area (Å²) in [5.41, 5.74) is 1.68. The van der Waals surface area contributed by atoms with Gasteiger partial charge in [0, 0.05) is 23.4 Å². The first-order valence-corrected chi connectivity index (χ1v) is 9.57. The number of aromatic nitrogens is 2. The fourth-order valence-corrected chi connectivity index (χ4v) is 3.38. The summed E-state index contributed by atoms with van der Waals surface area (Å²) in [5.74, 6) is 1.01. The Morgan fingerprint density at radius 2 is 1.70 bits per heavy atom. The molecule has 27 heavy (non-hydrogen) atoms. The van der Waals surface area contributed by atoms with E-state index in [1.54, 1.807) is 0 Å². The number of hydrogen-bond acceptors (Lipinski definition) is 5. The Morgan fingerprint density at radius 1 is 0.926 bits per heavy atom. The Morgan fingerprint density at radius 3 is 2.56 bits per heavy atom. The van der Waals surface area contributed by atoms with Crippen molar-refractivity contribution in [3.05, 3.63) is 72.8 Å². The molecule has 0 radical (unpaired) electrons. The summed E-state index contributed by atoms with van der Waals surface area (Å²) in [6, 6.07) is 23.6. The van der Waals surface area contributed by atoms with E-state index in [9.17, 15) is 4.79 Å².